The number of amides is 1. The number of benzene rings is 2. The SMILES string of the molecule is C=CC(=O)NCCNc1nc(OC[C@@H]2CCCN2C)nc2c(F)c(-c3cccc4c3C3(CC4)CC3)ccc12. The quantitative estimate of drug-likeness (QED) is 0.320. The zero-order chi connectivity index (χ0) is 26.3. The number of nitrogens with one attached hydrogen (secondary N) is 2. The summed E-state index contributed by atoms with van der Waals surface area (Å²) in [5.41, 5.74) is 4.69. The summed E-state index contributed by atoms with van der Waals surface area (Å²) in [6.07, 6.45) is 7.99. The van der Waals surface area contributed by atoms with Crippen LogP contribution in [0.1, 0.15) is 43.2 Å². The van der Waals surface area contributed by atoms with Gasteiger partial charge in [0, 0.05) is 30.1 Å². The molecule has 2 aliphatic carbocycles. The molecule has 2 aromatic carbocycles. The van der Waals surface area contributed by atoms with Crippen molar-refractivity contribution in [2.75, 3.05) is 38.6 Å². The lowest BCUT2D eigenvalue weighted by Gasteiger charge is -2.20. The number of likely N-dealkylation sites (tertiary alicyclic amines) is 1. The Kier molecular flexibility index (Phi) is 6.51. The number of carbonyl (C=O) groups excluding carboxylic acids is 1. The molecular formula is C30H34FN5O2. The smallest absolute Gasteiger partial charge is 0.319 e. The predicted molar refractivity (Wildman–Crippen MR) is 147 cm³/mol. The Bertz CT molecular complexity index is 1400. The van der Waals surface area contributed by atoms with Crippen molar-refractivity contribution in [3.05, 3.63) is 59.9 Å². The zero-order valence-electron chi connectivity index (χ0n) is 21.9. The molecule has 2 heterocycles. The van der Waals surface area contributed by atoms with Crippen molar-refractivity contribution in [1.29, 1.82) is 0 Å². The number of rotatable bonds is 9. The molecule has 0 radical (unpaired) electrons. The third-order valence-corrected chi connectivity index (χ3v) is 8.46. The number of anilines is 1. The van der Waals surface area contributed by atoms with Crippen LogP contribution < -0.4 is 15.4 Å². The van der Waals surface area contributed by atoms with E-state index in [1.807, 2.05) is 24.3 Å². The van der Waals surface area contributed by atoms with Gasteiger partial charge in [-0.05, 0) is 86.4 Å². The fourth-order valence-corrected chi connectivity index (χ4v) is 6.16. The van der Waals surface area contributed by atoms with Gasteiger partial charge >= 0.3 is 6.01 Å². The van der Waals surface area contributed by atoms with Gasteiger partial charge in [-0.2, -0.15) is 9.97 Å². The summed E-state index contributed by atoms with van der Waals surface area (Å²) in [6.45, 7) is 5.75. The van der Waals surface area contributed by atoms with Gasteiger partial charge in [-0.1, -0.05) is 30.8 Å². The maximum absolute atomic E-state index is 16.3. The van der Waals surface area contributed by atoms with E-state index in [1.165, 1.54) is 30.0 Å². The van der Waals surface area contributed by atoms with Crippen LogP contribution in [-0.4, -0.2) is 60.1 Å². The molecule has 1 spiro atoms. The molecule has 1 saturated carbocycles. The predicted octanol–water partition coefficient (Wildman–Crippen LogP) is 4.60. The van der Waals surface area contributed by atoms with Gasteiger partial charge < -0.3 is 20.3 Å². The highest BCUT2D eigenvalue weighted by atomic mass is 19.1. The van der Waals surface area contributed by atoms with Crippen molar-refractivity contribution in [3.63, 3.8) is 0 Å². The van der Waals surface area contributed by atoms with Crippen molar-refractivity contribution < 1.29 is 13.9 Å². The number of carbonyl (C=O) groups is 1. The van der Waals surface area contributed by atoms with Gasteiger partial charge in [0.25, 0.3) is 0 Å². The van der Waals surface area contributed by atoms with Crippen molar-refractivity contribution in [2.24, 2.45) is 0 Å². The Labute approximate surface area is 222 Å². The number of ether oxygens (including phenoxy) is 1. The molecule has 0 unspecified atom stereocenters. The van der Waals surface area contributed by atoms with E-state index in [1.54, 1.807) is 0 Å². The summed E-state index contributed by atoms with van der Waals surface area (Å²) in [5.74, 6) is -0.115. The number of hydrogen-bond acceptors (Lipinski definition) is 6. The van der Waals surface area contributed by atoms with Crippen LogP contribution in [0, 0.1) is 5.82 Å². The molecule has 2 N–H and O–H groups in total. The van der Waals surface area contributed by atoms with Gasteiger partial charge in [0.15, 0.2) is 5.82 Å². The molecule has 6 rings (SSSR count). The number of fused-ring (bicyclic) bond motifs is 3. The topological polar surface area (TPSA) is 79.4 Å². The van der Waals surface area contributed by atoms with Crippen LogP contribution in [0.5, 0.6) is 6.01 Å². The molecule has 1 saturated heterocycles. The van der Waals surface area contributed by atoms with E-state index in [0.29, 0.717) is 36.5 Å². The first-order chi connectivity index (χ1) is 18.5. The number of hydrogen-bond donors (Lipinski definition) is 2. The van der Waals surface area contributed by atoms with Gasteiger partial charge in [0.1, 0.15) is 17.9 Å². The Morgan fingerprint density at radius 3 is 2.84 bits per heavy atom. The highest BCUT2D eigenvalue weighted by Gasteiger charge is 2.49. The lowest BCUT2D eigenvalue weighted by molar-refractivity contribution is -0.116. The van der Waals surface area contributed by atoms with Crippen molar-refractivity contribution in [3.8, 4) is 17.1 Å². The fraction of sp³-hybridized carbons (Fsp3) is 0.433. The summed E-state index contributed by atoms with van der Waals surface area (Å²) in [6, 6.07) is 10.5. The van der Waals surface area contributed by atoms with Gasteiger partial charge in [-0.3, -0.25) is 4.79 Å². The third kappa shape index (κ3) is 4.51. The first-order valence-electron chi connectivity index (χ1n) is 13.6. The van der Waals surface area contributed by atoms with Crippen LogP contribution in [0.15, 0.2) is 43.0 Å². The highest BCUT2D eigenvalue weighted by molar-refractivity contribution is 5.94. The molecular weight excluding hydrogens is 481 g/mol. The minimum atomic E-state index is -0.355. The Balaban J connectivity index is 1.36. The first-order valence-corrected chi connectivity index (χ1v) is 13.6. The second-order valence-electron chi connectivity index (χ2n) is 10.8. The standard InChI is InChI=1S/C30H34FN5O2/c1-3-24(37)32-15-16-33-28-23-10-9-22(21-8-4-6-19-11-12-30(13-14-30)25(19)21)26(31)27(23)34-29(35-28)38-18-20-7-5-17-36(20)2/h3-4,6,8-10,20H,1,5,7,11-18H2,2H3,(H,32,37)(H,33,34,35)/t20-/m0/s1. The number of likely N-dealkylation sites (N-methyl/N-ethyl adjacent to an activating group) is 1. The Hall–Kier alpha value is -3.52. The lowest BCUT2D eigenvalue weighted by Crippen LogP contribution is -2.31. The van der Waals surface area contributed by atoms with Crippen molar-refractivity contribution in [1.82, 2.24) is 20.2 Å². The first kappa shape index (κ1) is 24.8. The van der Waals surface area contributed by atoms with E-state index in [-0.39, 0.29) is 34.7 Å². The second-order valence-corrected chi connectivity index (χ2v) is 10.8. The molecule has 1 amide bonds. The number of halogens is 1. The average Bonchev–Trinajstić information content (AvgIpc) is 3.46. The molecule has 1 atom stereocenters. The molecule has 1 aliphatic heterocycles. The molecule has 8 heteroatoms. The molecule has 2 fully saturated rings. The maximum Gasteiger partial charge on any atom is 0.319 e. The van der Waals surface area contributed by atoms with Gasteiger partial charge in [-0.25, -0.2) is 4.39 Å². The molecule has 0 bridgehead atoms. The highest BCUT2D eigenvalue weighted by Crippen LogP contribution is 2.59. The van der Waals surface area contributed by atoms with Gasteiger partial charge in [0.05, 0.1) is 0 Å². The maximum atomic E-state index is 16.3. The van der Waals surface area contributed by atoms with Gasteiger partial charge in [0.2, 0.25) is 5.91 Å². The summed E-state index contributed by atoms with van der Waals surface area (Å²) in [7, 11) is 2.09. The zero-order valence-corrected chi connectivity index (χ0v) is 21.9. The summed E-state index contributed by atoms with van der Waals surface area (Å²) in [4.78, 5) is 23.0. The van der Waals surface area contributed by atoms with Gasteiger partial charge in [-0.15, -0.1) is 0 Å². The van der Waals surface area contributed by atoms with Crippen molar-refractivity contribution >= 4 is 22.6 Å². The molecule has 198 valence electrons. The summed E-state index contributed by atoms with van der Waals surface area (Å²) in [5, 5.41) is 6.56. The van der Waals surface area contributed by atoms with Crippen molar-refractivity contribution in [2.45, 2.75) is 50.0 Å². The molecule has 3 aliphatic rings. The fourth-order valence-electron chi connectivity index (χ4n) is 6.16. The normalized spacial score (nSPS) is 19.5. The Morgan fingerprint density at radius 2 is 2.08 bits per heavy atom. The van der Waals surface area contributed by atoms with E-state index >= 15 is 4.39 Å². The Morgan fingerprint density at radius 1 is 1.21 bits per heavy atom. The van der Waals surface area contributed by atoms with E-state index in [9.17, 15) is 4.79 Å². The van der Waals surface area contributed by atoms with Crippen LogP contribution in [0.3, 0.4) is 0 Å². The monoisotopic (exact) mass is 515 g/mol. The van der Waals surface area contributed by atoms with Crippen LogP contribution in [0.4, 0.5) is 10.2 Å². The van der Waals surface area contributed by atoms with Crippen LogP contribution in [-0.2, 0) is 16.6 Å². The van der Waals surface area contributed by atoms with Crippen LogP contribution >= 0.6 is 0 Å². The van der Waals surface area contributed by atoms with Crippen LogP contribution in [0.25, 0.3) is 22.0 Å². The second kappa shape index (κ2) is 9.98. The van der Waals surface area contributed by atoms with Crippen LogP contribution in [0.2, 0.25) is 0 Å². The minimum Gasteiger partial charge on any atom is -0.462 e. The minimum absolute atomic E-state index is 0.156. The molecule has 7 nitrogen and oxygen atoms in total. The largest absolute Gasteiger partial charge is 0.462 e. The lowest BCUT2D eigenvalue weighted by atomic mass is 9.89. The number of aryl methyl sites for hydroxylation is 1. The van der Waals surface area contributed by atoms with E-state index in [0.717, 1.165) is 37.8 Å². The third-order valence-electron chi connectivity index (χ3n) is 8.46. The molecule has 3 aromatic rings. The summed E-state index contributed by atoms with van der Waals surface area (Å²) < 4.78 is 22.4. The molecule has 1 aromatic heterocycles. The van der Waals surface area contributed by atoms with E-state index in [2.05, 4.69) is 45.2 Å². The number of nitrogens with zero attached hydrogens (tertiary/aromatic N) is 3. The summed E-state index contributed by atoms with van der Waals surface area (Å²) >= 11 is 0. The number of aromatic nitrogens is 2. The van der Waals surface area contributed by atoms with E-state index in [4.69, 9.17) is 4.74 Å². The average molecular weight is 516 g/mol. The van der Waals surface area contributed by atoms with E-state index < -0.39 is 0 Å². The molecule has 38 heavy (non-hydrogen) atoms.